The van der Waals surface area contributed by atoms with Crippen LogP contribution in [-0.4, -0.2) is 34.6 Å². The summed E-state index contributed by atoms with van der Waals surface area (Å²) in [5.41, 5.74) is 0. The molecule has 2 rings (SSSR count). The topological polar surface area (TPSA) is 36.4 Å². The quantitative estimate of drug-likeness (QED) is 0.854. The fourth-order valence-electron chi connectivity index (χ4n) is 2.05. The molecule has 1 aliphatic heterocycles. The van der Waals surface area contributed by atoms with Crippen molar-refractivity contribution < 1.29 is 5.11 Å². The van der Waals surface area contributed by atoms with Gasteiger partial charge >= 0.3 is 0 Å². The molecule has 2 heterocycles. The normalized spacial score (nSPS) is 24.6. The van der Waals surface area contributed by atoms with E-state index in [1.165, 1.54) is 19.4 Å². The number of aliphatic hydroxyl groups excluding tert-OH is 1. The molecule has 0 bridgehead atoms. The predicted molar refractivity (Wildman–Crippen MR) is 62.1 cm³/mol. The minimum absolute atomic E-state index is 0.377. The van der Waals surface area contributed by atoms with E-state index in [9.17, 15) is 5.11 Å². The molecule has 15 heavy (non-hydrogen) atoms. The Morgan fingerprint density at radius 3 is 3.07 bits per heavy atom. The summed E-state index contributed by atoms with van der Waals surface area (Å²) in [5, 5.41) is 10.6. The van der Waals surface area contributed by atoms with Crippen molar-refractivity contribution in [1.29, 1.82) is 0 Å². The van der Waals surface area contributed by atoms with Crippen LogP contribution in [0.15, 0.2) is 6.20 Å². The van der Waals surface area contributed by atoms with Crippen molar-refractivity contribution in [3.63, 3.8) is 0 Å². The monoisotopic (exact) mass is 226 g/mol. The summed E-state index contributed by atoms with van der Waals surface area (Å²) in [6, 6.07) is 0.651. The number of nitrogens with zero attached hydrogens (tertiary/aromatic N) is 2. The van der Waals surface area contributed by atoms with Gasteiger partial charge in [-0.15, -0.1) is 11.3 Å². The molecular weight excluding hydrogens is 208 g/mol. The zero-order valence-electron chi connectivity index (χ0n) is 9.31. The average Bonchev–Trinajstić information content (AvgIpc) is 2.77. The highest BCUT2D eigenvalue weighted by Crippen LogP contribution is 2.24. The second kappa shape index (κ2) is 4.60. The smallest absolute Gasteiger partial charge is 0.0944 e. The molecule has 2 unspecified atom stereocenters. The van der Waals surface area contributed by atoms with E-state index in [4.69, 9.17) is 0 Å². The van der Waals surface area contributed by atoms with Gasteiger partial charge in [-0.1, -0.05) is 0 Å². The summed E-state index contributed by atoms with van der Waals surface area (Å²) in [6.45, 7) is 3.00. The second-order valence-corrected chi connectivity index (χ2v) is 5.46. The molecule has 0 spiro atoms. The standard InChI is InChI=1S/C11H18N2OS/c1-8(14)10-7-12-11(15-10)6-9-4-3-5-13(9)2/h7-9,14H,3-6H2,1-2H3. The molecule has 1 aromatic rings. The summed E-state index contributed by atoms with van der Waals surface area (Å²) in [4.78, 5) is 7.75. The molecular formula is C11H18N2OS. The third kappa shape index (κ3) is 2.56. The summed E-state index contributed by atoms with van der Waals surface area (Å²) < 4.78 is 0. The molecule has 3 nitrogen and oxygen atoms in total. The van der Waals surface area contributed by atoms with Crippen LogP contribution in [0.3, 0.4) is 0 Å². The van der Waals surface area contributed by atoms with Gasteiger partial charge in [-0.25, -0.2) is 4.98 Å². The number of likely N-dealkylation sites (N-methyl/N-ethyl adjacent to an activating group) is 1. The van der Waals surface area contributed by atoms with Crippen molar-refractivity contribution in [2.45, 2.75) is 38.3 Å². The van der Waals surface area contributed by atoms with Crippen LogP contribution in [0.2, 0.25) is 0 Å². The van der Waals surface area contributed by atoms with Gasteiger partial charge in [0.1, 0.15) is 0 Å². The van der Waals surface area contributed by atoms with Gasteiger partial charge in [0.15, 0.2) is 0 Å². The number of likely N-dealkylation sites (tertiary alicyclic amines) is 1. The van der Waals surface area contributed by atoms with Crippen LogP contribution in [-0.2, 0) is 6.42 Å². The van der Waals surface area contributed by atoms with E-state index >= 15 is 0 Å². The molecule has 4 heteroatoms. The molecule has 0 saturated carbocycles. The fraction of sp³-hybridized carbons (Fsp3) is 0.727. The molecule has 1 N–H and O–H groups in total. The lowest BCUT2D eigenvalue weighted by Crippen LogP contribution is -2.26. The first-order chi connectivity index (χ1) is 7.16. The zero-order valence-corrected chi connectivity index (χ0v) is 10.1. The minimum atomic E-state index is -0.377. The maximum absolute atomic E-state index is 9.41. The van der Waals surface area contributed by atoms with Crippen LogP contribution in [0.25, 0.3) is 0 Å². The highest BCUT2D eigenvalue weighted by molar-refractivity contribution is 7.11. The third-order valence-corrected chi connectivity index (χ3v) is 4.25. The highest BCUT2D eigenvalue weighted by atomic mass is 32.1. The number of aliphatic hydroxyl groups is 1. The molecule has 0 radical (unpaired) electrons. The van der Waals surface area contributed by atoms with Gasteiger partial charge in [-0.2, -0.15) is 0 Å². The summed E-state index contributed by atoms with van der Waals surface area (Å²) >= 11 is 1.64. The fourth-order valence-corrected chi connectivity index (χ4v) is 2.98. The van der Waals surface area contributed by atoms with Crippen molar-refractivity contribution in [3.05, 3.63) is 16.1 Å². The van der Waals surface area contributed by atoms with E-state index in [2.05, 4.69) is 16.9 Å². The Morgan fingerprint density at radius 1 is 1.73 bits per heavy atom. The lowest BCUT2D eigenvalue weighted by atomic mass is 10.1. The average molecular weight is 226 g/mol. The van der Waals surface area contributed by atoms with Crippen LogP contribution in [0.1, 0.15) is 35.8 Å². The van der Waals surface area contributed by atoms with Crippen LogP contribution >= 0.6 is 11.3 Å². The molecule has 1 saturated heterocycles. The van der Waals surface area contributed by atoms with Crippen molar-refractivity contribution >= 4 is 11.3 Å². The molecule has 0 aromatic carbocycles. The molecule has 2 atom stereocenters. The van der Waals surface area contributed by atoms with E-state index in [-0.39, 0.29) is 6.10 Å². The van der Waals surface area contributed by atoms with Gasteiger partial charge in [0.05, 0.1) is 16.0 Å². The van der Waals surface area contributed by atoms with Crippen LogP contribution < -0.4 is 0 Å². The minimum Gasteiger partial charge on any atom is -0.388 e. The maximum atomic E-state index is 9.41. The van der Waals surface area contributed by atoms with Gasteiger partial charge < -0.3 is 10.0 Å². The van der Waals surface area contributed by atoms with E-state index in [1.54, 1.807) is 24.5 Å². The Hall–Kier alpha value is -0.450. The van der Waals surface area contributed by atoms with E-state index in [1.807, 2.05) is 0 Å². The molecule has 1 fully saturated rings. The molecule has 0 amide bonds. The lowest BCUT2D eigenvalue weighted by Gasteiger charge is -2.17. The summed E-state index contributed by atoms with van der Waals surface area (Å²) in [7, 11) is 2.18. The van der Waals surface area contributed by atoms with Crippen LogP contribution in [0.5, 0.6) is 0 Å². The first-order valence-corrected chi connectivity index (χ1v) is 6.31. The summed E-state index contributed by atoms with van der Waals surface area (Å²) in [5.74, 6) is 0. The number of aromatic nitrogens is 1. The third-order valence-electron chi connectivity index (χ3n) is 3.06. The van der Waals surface area contributed by atoms with Gasteiger partial charge in [0.2, 0.25) is 0 Å². The van der Waals surface area contributed by atoms with E-state index in [0.717, 1.165) is 16.3 Å². The Kier molecular flexibility index (Phi) is 3.38. The number of hydrogen-bond acceptors (Lipinski definition) is 4. The van der Waals surface area contributed by atoms with Gasteiger partial charge in [-0.05, 0) is 33.4 Å². The van der Waals surface area contributed by atoms with Crippen LogP contribution in [0.4, 0.5) is 0 Å². The Balaban J connectivity index is 1.98. The van der Waals surface area contributed by atoms with E-state index in [0.29, 0.717) is 6.04 Å². The Bertz CT molecular complexity index is 324. The second-order valence-electron chi connectivity index (χ2n) is 4.31. The molecule has 1 aromatic heterocycles. The first-order valence-electron chi connectivity index (χ1n) is 5.49. The van der Waals surface area contributed by atoms with E-state index < -0.39 is 0 Å². The van der Waals surface area contributed by atoms with Crippen molar-refractivity contribution in [1.82, 2.24) is 9.88 Å². The molecule has 84 valence electrons. The first kappa shape index (κ1) is 11.0. The van der Waals surface area contributed by atoms with Gasteiger partial charge in [0.25, 0.3) is 0 Å². The zero-order chi connectivity index (χ0) is 10.8. The lowest BCUT2D eigenvalue weighted by molar-refractivity contribution is 0.203. The van der Waals surface area contributed by atoms with Crippen LogP contribution in [0, 0.1) is 0 Å². The highest BCUT2D eigenvalue weighted by Gasteiger charge is 2.22. The Labute approximate surface area is 94.8 Å². The summed E-state index contributed by atoms with van der Waals surface area (Å²) in [6.07, 6.45) is 5.04. The largest absolute Gasteiger partial charge is 0.388 e. The van der Waals surface area contributed by atoms with Crippen molar-refractivity contribution in [2.75, 3.05) is 13.6 Å². The number of hydrogen-bond donors (Lipinski definition) is 1. The predicted octanol–water partition coefficient (Wildman–Crippen LogP) is 1.83. The van der Waals surface area contributed by atoms with Gasteiger partial charge in [0, 0.05) is 18.7 Å². The number of thiazole rings is 1. The number of rotatable bonds is 3. The SMILES string of the molecule is CC(O)c1cnc(CC2CCCN2C)s1. The maximum Gasteiger partial charge on any atom is 0.0944 e. The van der Waals surface area contributed by atoms with Crippen molar-refractivity contribution in [2.24, 2.45) is 0 Å². The molecule has 1 aliphatic rings. The van der Waals surface area contributed by atoms with Gasteiger partial charge in [-0.3, -0.25) is 0 Å². The molecule has 0 aliphatic carbocycles. The Morgan fingerprint density at radius 2 is 2.53 bits per heavy atom. The van der Waals surface area contributed by atoms with Crippen molar-refractivity contribution in [3.8, 4) is 0 Å².